The molecule has 1 aliphatic rings. The van der Waals surface area contributed by atoms with Crippen LogP contribution in [0.1, 0.15) is 41.2 Å². The van der Waals surface area contributed by atoms with Gasteiger partial charge in [-0.1, -0.05) is 30.3 Å². The number of rotatable bonds is 7. The fraction of sp³-hybridized carbons (Fsp3) is 0.364. The maximum absolute atomic E-state index is 12.6. The van der Waals surface area contributed by atoms with Gasteiger partial charge in [0.2, 0.25) is 0 Å². The van der Waals surface area contributed by atoms with Gasteiger partial charge in [0.05, 0.1) is 5.56 Å². The van der Waals surface area contributed by atoms with Crippen LogP contribution in [0.5, 0.6) is 0 Å². The first kappa shape index (κ1) is 19.3. The summed E-state index contributed by atoms with van der Waals surface area (Å²) in [5.41, 5.74) is 1.94. The van der Waals surface area contributed by atoms with Crippen LogP contribution in [0, 0.1) is 0 Å². The lowest BCUT2D eigenvalue weighted by molar-refractivity contribution is 0.0700. The van der Waals surface area contributed by atoms with Crippen molar-refractivity contribution >= 4 is 5.91 Å². The summed E-state index contributed by atoms with van der Waals surface area (Å²) < 4.78 is 1.87. The molecule has 1 N–H and O–H groups in total. The third-order valence-electron chi connectivity index (χ3n) is 5.44. The summed E-state index contributed by atoms with van der Waals surface area (Å²) in [5.74, 6) is 0.0716. The van der Waals surface area contributed by atoms with Gasteiger partial charge in [-0.2, -0.15) is 5.10 Å². The van der Waals surface area contributed by atoms with Crippen LogP contribution in [0.2, 0.25) is 0 Å². The van der Waals surface area contributed by atoms with Crippen molar-refractivity contribution < 1.29 is 4.79 Å². The first-order valence-electron chi connectivity index (χ1n) is 10.1. The van der Waals surface area contributed by atoms with E-state index in [0.717, 1.165) is 38.9 Å². The SMILES string of the molecule is O=C(c1cccnc1)N1CCC(NC(CCn2cncn2)c2ccccc2)CC1. The lowest BCUT2D eigenvalue weighted by atomic mass is 9.98. The van der Waals surface area contributed by atoms with Crippen LogP contribution in [0.25, 0.3) is 0 Å². The summed E-state index contributed by atoms with van der Waals surface area (Å²) in [5, 5.41) is 8.04. The third kappa shape index (κ3) is 5.06. The van der Waals surface area contributed by atoms with E-state index in [1.807, 2.05) is 21.7 Å². The van der Waals surface area contributed by atoms with Gasteiger partial charge in [0, 0.05) is 44.1 Å². The molecule has 1 unspecified atom stereocenters. The van der Waals surface area contributed by atoms with Crippen molar-refractivity contribution in [3.63, 3.8) is 0 Å². The molecule has 1 saturated heterocycles. The molecule has 0 radical (unpaired) electrons. The zero-order chi connectivity index (χ0) is 19.9. The van der Waals surface area contributed by atoms with Crippen molar-refractivity contribution in [1.82, 2.24) is 30.0 Å². The number of carbonyl (C=O) groups is 1. The van der Waals surface area contributed by atoms with Crippen LogP contribution in [0.3, 0.4) is 0 Å². The van der Waals surface area contributed by atoms with E-state index in [4.69, 9.17) is 0 Å². The molecule has 3 aromatic rings. The van der Waals surface area contributed by atoms with E-state index in [9.17, 15) is 4.79 Å². The lowest BCUT2D eigenvalue weighted by Crippen LogP contribution is -2.46. The third-order valence-corrected chi connectivity index (χ3v) is 5.44. The van der Waals surface area contributed by atoms with Gasteiger partial charge in [-0.15, -0.1) is 0 Å². The molecule has 4 rings (SSSR count). The van der Waals surface area contributed by atoms with Crippen LogP contribution in [0.15, 0.2) is 67.5 Å². The minimum atomic E-state index is 0.0716. The number of aromatic nitrogens is 4. The number of benzene rings is 1. The van der Waals surface area contributed by atoms with Crippen molar-refractivity contribution in [2.75, 3.05) is 13.1 Å². The average molecular weight is 390 g/mol. The predicted octanol–water partition coefficient (Wildman–Crippen LogP) is 2.70. The van der Waals surface area contributed by atoms with E-state index >= 15 is 0 Å². The number of carbonyl (C=O) groups excluding carboxylic acids is 1. The van der Waals surface area contributed by atoms with Crippen LogP contribution in [-0.2, 0) is 6.54 Å². The molecule has 1 atom stereocenters. The molecule has 0 aliphatic carbocycles. The van der Waals surface area contributed by atoms with Crippen LogP contribution in [0.4, 0.5) is 0 Å². The summed E-state index contributed by atoms with van der Waals surface area (Å²) in [6.07, 6.45) is 9.47. The van der Waals surface area contributed by atoms with Gasteiger partial charge in [-0.05, 0) is 37.0 Å². The zero-order valence-electron chi connectivity index (χ0n) is 16.4. The molecule has 2 aromatic heterocycles. The quantitative estimate of drug-likeness (QED) is 0.671. The second-order valence-corrected chi connectivity index (χ2v) is 7.39. The van der Waals surface area contributed by atoms with Crippen LogP contribution in [-0.4, -0.2) is 49.7 Å². The molecule has 150 valence electrons. The van der Waals surface area contributed by atoms with Crippen molar-refractivity contribution in [2.24, 2.45) is 0 Å². The number of likely N-dealkylation sites (tertiary alicyclic amines) is 1. The molecule has 3 heterocycles. The fourth-order valence-corrected chi connectivity index (χ4v) is 3.85. The molecule has 1 aliphatic heterocycles. The Morgan fingerprint density at radius 1 is 1.10 bits per heavy atom. The maximum Gasteiger partial charge on any atom is 0.255 e. The van der Waals surface area contributed by atoms with Crippen LogP contribution >= 0.6 is 0 Å². The number of hydrogen-bond acceptors (Lipinski definition) is 5. The standard InChI is InChI=1S/C22H26N6O/c29-22(19-7-4-11-23-15-19)27-12-8-20(9-13-27)26-21(18-5-2-1-3-6-18)10-14-28-17-24-16-25-28/h1-7,11,15-17,20-21,26H,8-10,12-14H2. The lowest BCUT2D eigenvalue weighted by Gasteiger charge is -2.35. The number of aryl methyl sites for hydroxylation is 1. The summed E-state index contributed by atoms with van der Waals surface area (Å²) in [4.78, 5) is 22.7. The first-order valence-corrected chi connectivity index (χ1v) is 10.1. The topological polar surface area (TPSA) is 75.9 Å². The molecule has 1 fully saturated rings. The van der Waals surface area contributed by atoms with Gasteiger partial charge in [0.15, 0.2) is 0 Å². The highest BCUT2D eigenvalue weighted by Gasteiger charge is 2.25. The molecule has 1 amide bonds. The number of pyridine rings is 1. The van der Waals surface area contributed by atoms with Gasteiger partial charge >= 0.3 is 0 Å². The van der Waals surface area contributed by atoms with Gasteiger partial charge < -0.3 is 10.2 Å². The van der Waals surface area contributed by atoms with Gasteiger partial charge in [-0.3, -0.25) is 14.5 Å². The second kappa shape index (κ2) is 9.43. The molecule has 0 saturated carbocycles. The highest BCUT2D eigenvalue weighted by Crippen LogP contribution is 2.22. The molecular weight excluding hydrogens is 364 g/mol. The minimum Gasteiger partial charge on any atom is -0.338 e. The highest BCUT2D eigenvalue weighted by atomic mass is 16.2. The van der Waals surface area contributed by atoms with Gasteiger partial charge in [0.25, 0.3) is 5.91 Å². The molecule has 7 heteroatoms. The van der Waals surface area contributed by atoms with E-state index in [0.29, 0.717) is 11.6 Å². The Labute approximate surface area is 170 Å². The summed E-state index contributed by atoms with van der Waals surface area (Å²) in [6, 6.07) is 14.8. The van der Waals surface area contributed by atoms with E-state index in [1.165, 1.54) is 5.56 Å². The van der Waals surface area contributed by atoms with E-state index in [-0.39, 0.29) is 11.9 Å². The number of nitrogens with one attached hydrogen (secondary N) is 1. The van der Waals surface area contributed by atoms with E-state index < -0.39 is 0 Å². The Hall–Kier alpha value is -3.06. The second-order valence-electron chi connectivity index (χ2n) is 7.39. The monoisotopic (exact) mass is 390 g/mol. The largest absolute Gasteiger partial charge is 0.338 e. The van der Waals surface area contributed by atoms with Gasteiger partial charge in [0.1, 0.15) is 12.7 Å². The number of nitrogens with zero attached hydrogens (tertiary/aromatic N) is 5. The summed E-state index contributed by atoms with van der Waals surface area (Å²) >= 11 is 0. The van der Waals surface area contributed by atoms with Crippen molar-refractivity contribution in [3.05, 3.63) is 78.6 Å². The summed E-state index contributed by atoms with van der Waals surface area (Å²) in [7, 11) is 0. The van der Waals surface area contributed by atoms with Crippen LogP contribution < -0.4 is 5.32 Å². The minimum absolute atomic E-state index is 0.0716. The Morgan fingerprint density at radius 3 is 2.62 bits per heavy atom. The predicted molar refractivity (Wildman–Crippen MR) is 110 cm³/mol. The zero-order valence-corrected chi connectivity index (χ0v) is 16.4. The Morgan fingerprint density at radius 2 is 1.93 bits per heavy atom. The normalized spacial score (nSPS) is 15.9. The Balaban J connectivity index is 1.35. The van der Waals surface area contributed by atoms with Gasteiger partial charge in [-0.25, -0.2) is 4.98 Å². The summed E-state index contributed by atoms with van der Waals surface area (Å²) in [6.45, 7) is 2.33. The van der Waals surface area contributed by atoms with Crippen molar-refractivity contribution in [2.45, 2.75) is 37.9 Å². The van der Waals surface area contributed by atoms with Crippen molar-refractivity contribution in [1.29, 1.82) is 0 Å². The Kier molecular flexibility index (Phi) is 6.26. The molecule has 0 spiro atoms. The highest BCUT2D eigenvalue weighted by molar-refractivity contribution is 5.93. The molecular formula is C22H26N6O. The molecule has 1 aromatic carbocycles. The molecule has 29 heavy (non-hydrogen) atoms. The Bertz CT molecular complexity index is 876. The fourth-order valence-electron chi connectivity index (χ4n) is 3.85. The molecule has 7 nitrogen and oxygen atoms in total. The van der Waals surface area contributed by atoms with E-state index in [2.05, 4.69) is 44.6 Å². The molecule has 0 bridgehead atoms. The number of hydrogen-bond donors (Lipinski definition) is 1. The first-order chi connectivity index (χ1) is 14.3. The van der Waals surface area contributed by atoms with E-state index in [1.54, 1.807) is 31.1 Å². The van der Waals surface area contributed by atoms with Crippen molar-refractivity contribution in [3.8, 4) is 0 Å². The smallest absolute Gasteiger partial charge is 0.255 e. The average Bonchev–Trinajstić information content (AvgIpc) is 3.31. The number of piperidine rings is 1. The number of amides is 1. The maximum atomic E-state index is 12.6.